The van der Waals surface area contributed by atoms with Gasteiger partial charge in [0.2, 0.25) is 5.91 Å². The third-order valence-corrected chi connectivity index (χ3v) is 2.87. The molecule has 0 aliphatic carbocycles. The zero-order valence-electron chi connectivity index (χ0n) is 9.51. The van der Waals surface area contributed by atoms with Crippen molar-refractivity contribution in [2.45, 2.75) is 6.42 Å². The minimum absolute atomic E-state index is 0.155. The van der Waals surface area contributed by atoms with Crippen molar-refractivity contribution in [1.29, 1.82) is 0 Å². The summed E-state index contributed by atoms with van der Waals surface area (Å²) >= 11 is 0. The number of hydrogen-bond acceptors (Lipinski definition) is 3. The van der Waals surface area contributed by atoms with Gasteiger partial charge in [-0.15, -0.1) is 0 Å². The van der Waals surface area contributed by atoms with Crippen LogP contribution in [0.2, 0.25) is 0 Å². The second kappa shape index (κ2) is 4.07. The highest BCUT2D eigenvalue weighted by molar-refractivity contribution is 6.09. The van der Waals surface area contributed by atoms with Crippen molar-refractivity contribution >= 4 is 11.8 Å². The first kappa shape index (κ1) is 10.7. The Hall–Kier alpha value is -2.49. The van der Waals surface area contributed by atoms with Crippen LogP contribution in [0.25, 0.3) is 11.3 Å². The molecule has 2 heterocycles. The van der Waals surface area contributed by atoms with E-state index in [0.29, 0.717) is 11.3 Å². The van der Waals surface area contributed by atoms with Gasteiger partial charge in [0.05, 0.1) is 23.4 Å². The summed E-state index contributed by atoms with van der Waals surface area (Å²) in [6, 6.07) is 13.2. The molecule has 0 atom stereocenters. The molecular formula is C14H10N2O2. The molecule has 1 aromatic heterocycles. The lowest BCUT2D eigenvalue weighted by atomic mass is 10.0. The summed E-state index contributed by atoms with van der Waals surface area (Å²) < 4.78 is 0. The molecule has 0 spiro atoms. The van der Waals surface area contributed by atoms with E-state index < -0.39 is 0 Å². The van der Waals surface area contributed by atoms with E-state index in [0.717, 1.165) is 11.3 Å². The molecular weight excluding hydrogens is 228 g/mol. The molecule has 3 rings (SSSR count). The zero-order valence-corrected chi connectivity index (χ0v) is 9.51. The molecule has 88 valence electrons. The third kappa shape index (κ3) is 1.78. The second-order valence-corrected chi connectivity index (χ2v) is 4.11. The van der Waals surface area contributed by atoms with Crippen LogP contribution in [-0.4, -0.2) is 16.8 Å². The maximum atomic E-state index is 11.6. The maximum Gasteiger partial charge on any atom is 0.259 e. The highest BCUT2D eigenvalue weighted by Crippen LogP contribution is 2.20. The van der Waals surface area contributed by atoms with E-state index in [2.05, 4.69) is 10.3 Å². The number of nitrogens with zero attached hydrogens (tertiary/aromatic N) is 1. The highest BCUT2D eigenvalue weighted by atomic mass is 16.2. The Morgan fingerprint density at radius 1 is 1.00 bits per heavy atom. The number of rotatable bonds is 1. The molecule has 0 saturated carbocycles. The lowest BCUT2D eigenvalue weighted by Crippen LogP contribution is -2.37. The number of amides is 2. The minimum Gasteiger partial charge on any atom is -0.292 e. The van der Waals surface area contributed by atoms with Crippen LogP contribution in [-0.2, 0) is 11.2 Å². The summed E-state index contributed by atoms with van der Waals surface area (Å²) in [5, 5.41) is 2.28. The Balaban J connectivity index is 2.09. The first-order valence-corrected chi connectivity index (χ1v) is 5.63. The maximum absolute atomic E-state index is 11.6. The Morgan fingerprint density at radius 3 is 2.56 bits per heavy atom. The van der Waals surface area contributed by atoms with E-state index in [9.17, 15) is 9.59 Å². The van der Waals surface area contributed by atoms with E-state index in [-0.39, 0.29) is 18.2 Å². The van der Waals surface area contributed by atoms with Gasteiger partial charge in [-0.25, -0.2) is 0 Å². The summed E-state index contributed by atoms with van der Waals surface area (Å²) in [5.74, 6) is -0.668. The molecule has 0 unspecified atom stereocenters. The van der Waals surface area contributed by atoms with Crippen LogP contribution in [0.1, 0.15) is 16.1 Å². The first-order chi connectivity index (χ1) is 8.74. The van der Waals surface area contributed by atoms with Crippen molar-refractivity contribution < 1.29 is 9.59 Å². The number of benzene rings is 1. The molecule has 1 aliphatic rings. The number of fused-ring (bicyclic) bond motifs is 1. The van der Waals surface area contributed by atoms with Gasteiger partial charge in [-0.3, -0.25) is 19.9 Å². The Labute approximate surface area is 104 Å². The second-order valence-electron chi connectivity index (χ2n) is 4.11. The third-order valence-electron chi connectivity index (χ3n) is 2.87. The lowest BCUT2D eigenvalue weighted by molar-refractivity contribution is -0.119. The fourth-order valence-electron chi connectivity index (χ4n) is 2.00. The van der Waals surface area contributed by atoms with Gasteiger partial charge in [0.1, 0.15) is 0 Å². The molecule has 0 radical (unpaired) electrons. The van der Waals surface area contributed by atoms with Crippen LogP contribution in [0.5, 0.6) is 0 Å². The molecule has 18 heavy (non-hydrogen) atoms. The van der Waals surface area contributed by atoms with Crippen molar-refractivity contribution in [3.8, 4) is 11.3 Å². The average molecular weight is 238 g/mol. The van der Waals surface area contributed by atoms with E-state index in [1.165, 1.54) is 0 Å². The van der Waals surface area contributed by atoms with Gasteiger partial charge in [-0.1, -0.05) is 30.3 Å². The quantitative estimate of drug-likeness (QED) is 0.767. The normalized spacial score (nSPS) is 14.0. The standard InChI is InChI=1S/C14H10N2O2/c17-13-8-12-10(14(18)16-13)6-7-11(15-12)9-4-2-1-3-5-9/h1-7H,8H2,(H,16,17,18). The molecule has 1 N–H and O–H groups in total. The van der Waals surface area contributed by atoms with Crippen molar-refractivity contribution in [2.75, 3.05) is 0 Å². The number of imide groups is 1. The summed E-state index contributed by atoms with van der Waals surface area (Å²) in [4.78, 5) is 27.3. The number of carbonyl (C=O) groups is 2. The van der Waals surface area contributed by atoms with Crippen molar-refractivity contribution in [1.82, 2.24) is 10.3 Å². The average Bonchev–Trinajstić information content (AvgIpc) is 2.39. The highest BCUT2D eigenvalue weighted by Gasteiger charge is 2.23. The summed E-state index contributed by atoms with van der Waals surface area (Å²) in [6.07, 6.45) is 0.155. The molecule has 0 bridgehead atoms. The largest absolute Gasteiger partial charge is 0.292 e. The molecule has 0 fully saturated rings. The van der Waals surface area contributed by atoms with Crippen LogP contribution in [0.15, 0.2) is 42.5 Å². The number of pyridine rings is 1. The van der Waals surface area contributed by atoms with Gasteiger partial charge in [0.25, 0.3) is 5.91 Å². The first-order valence-electron chi connectivity index (χ1n) is 5.63. The van der Waals surface area contributed by atoms with Gasteiger partial charge < -0.3 is 0 Å². The SMILES string of the molecule is O=C1Cc2nc(-c3ccccc3)ccc2C(=O)N1. The van der Waals surface area contributed by atoms with Crippen LogP contribution in [0.4, 0.5) is 0 Å². The molecule has 4 nitrogen and oxygen atoms in total. The predicted molar refractivity (Wildman–Crippen MR) is 65.9 cm³/mol. The van der Waals surface area contributed by atoms with Gasteiger partial charge in [-0.05, 0) is 12.1 Å². The number of aromatic nitrogens is 1. The Kier molecular flexibility index (Phi) is 2.41. The van der Waals surface area contributed by atoms with Gasteiger partial charge in [0.15, 0.2) is 0 Å². The van der Waals surface area contributed by atoms with E-state index in [4.69, 9.17) is 0 Å². The number of nitrogens with one attached hydrogen (secondary N) is 1. The zero-order chi connectivity index (χ0) is 12.5. The summed E-state index contributed by atoms with van der Waals surface area (Å²) in [7, 11) is 0. The monoisotopic (exact) mass is 238 g/mol. The smallest absolute Gasteiger partial charge is 0.259 e. The fourth-order valence-corrected chi connectivity index (χ4v) is 2.00. The fraction of sp³-hybridized carbons (Fsp3) is 0.0714. The van der Waals surface area contributed by atoms with Crippen LogP contribution in [0.3, 0.4) is 0 Å². The summed E-state index contributed by atoms with van der Waals surface area (Å²) in [6.45, 7) is 0. The molecule has 1 aliphatic heterocycles. The van der Waals surface area contributed by atoms with Gasteiger partial charge in [-0.2, -0.15) is 0 Å². The van der Waals surface area contributed by atoms with Gasteiger partial charge in [0, 0.05) is 5.56 Å². The van der Waals surface area contributed by atoms with Crippen LogP contribution >= 0.6 is 0 Å². The lowest BCUT2D eigenvalue weighted by Gasteiger charge is -2.15. The summed E-state index contributed by atoms with van der Waals surface area (Å²) in [5.41, 5.74) is 2.77. The van der Waals surface area contributed by atoms with Crippen molar-refractivity contribution in [3.05, 3.63) is 53.7 Å². The van der Waals surface area contributed by atoms with Gasteiger partial charge >= 0.3 is 0 Å². The Bertz CT molecular complexity index is 635. The molecule has 4 heteroatoms. The van der Waals surface area contributed by atoms with E-state index >= 15 is 0 Å². The Morgan fingerprint density at radius 2 is 1.78 bits per heavy atom. The number of hydrogen-bond donors (Lipinski definition) is 1. The van der Waals surface area contributed by atoms with E-state index in [1.807, 2.05) is 30.3 Å². The van der Waals surface area contributed by atoms with Crippen molar-refractivity contribution in [2.24, 2.45) is 0 Å². The van der Waals surface area contributed by atoms with Crippen LogP contribution in [0, 0.1) is 0 Å². The molecule has 2 aromatic rings. The topological polar surface area (TPSA) is 59.1 Å². The molecule has 1 aromatic carbocycles. The molecule has 2 amide bonds. The van der Waals surface area contributed by atoms with Crippen LogP contribution < -0.4 is 5.32 Å². The van der Waals surface area contributed by atoms with Crippen molar-refractivity contribution in [3.63, 3.8) is 0 Å². The van der Waals surface area contributed by atoms with E-state index in [1.54, 1.807) is 12.1 Å². The predicted octanol–water partition coefficient (Wildman–Crippen LogP) is 1.56. The number of carbonyl (C=O) groups excluding carboxylic acids is 2. The minimum atomic E-state index is -0.367. The molecule has 0 saturated heterocycles.